The molecule has 0 radical (unpaired) electrons. The molecular weight excluding hydrogens is 1070 g/mol. The van der Waals surface area contributed by atoms with Crippen molar-refractivity contribution in [3.63, 3.8) is 0 Å². The Labute approximate surface area is 493 Å². The minimum atomic E-state index is -3.32. The lowest BCUT2D eigenvalue weighted by Gasteiger charge is -2.45. The van der Waals surface area contributed by atoms with Gasteiger partial charge >= 0.3 is 0 Å². The highest BCUT2D eigenvalue weighted by Gasteiger charge is 2.55. The maximum absolute atomic E-state index is 14.4. The predicted molar refractivity (Wildman–Crippen MR) is 338 cm³/mol. The van der Waals surface area contributed by atoms with Crippen LogP contribution < -0.4 is 24.6 Å². The van der Waals surface area contributed by atoms with E-state index in [9.17, 15) is 10.4 Å². The molecule has 6 aromatic rings. The molecule has 7 rings (SSSR count). The highest BCUT2D eigenvalue weighted by Crippen LogP contribution is 2.48. The van der Waals surface area contributed by atoms with Crippen molar-refractivity contribution in [2.45, 2.75) is 146 Å². The summed E-state index contributed by atoms with van der Waals surface area (Å²) >= 11 is 0. The number of benzene rings is 6. The number of methoxy groups -OCH3 is 3. The Balaban J connectivity index is 1.52. The molecule has 0 aliphatic heterocycles. The summed E-state index contributed by atoms with van der Waals surface area (Å²) in [4.78, 5) is 0. The minimum absolute atomic E-state index is 0.0608. The molecule has 1 N–H and O–H groups in total. The first-order valence-electron chi connectivity index (χ1n) is 28.4. The summed E-state index contributed by atoms with van der Waals surface area (Å²) < 4.78 is 54.0. The molecule has 0 heterocycles. The molecule has 4 atom stereocenters. The van der Waals surface area contributed by atoms with Crippen LogP contribution in [0.3, 0.4) is 0 Å². The van der Waals surface area contributed by atoms with Crippen molar-refractivity contribution in [3.05, 3.63) is 198 Å². The lowest BCUT2D eigenvalue weighted by molar-refractivity contribution is -0.147. The summed E-state index contributed by atoms with van der Waals surface area (Å²) in [5.41, 5.74) is -1.53. The molecule has 0 saturated heterocycles. The third-order valence-electron chi connectivity index (χ3n) is 17.1. The van der Waals surface area contributed by atoms with Crippen LogP contribution in [-0.4, -0.2) is 88.0 Å². The molecule has 10 nitrogen and oxygen atoms in total. The van der Waals surface area contributed by atoms with Gasteiger partial charge in [-0.25, -0.2) is 0 Å². The number of nitriles is 1. The van der Waals surface area contributed by atoms with E-state index >= 15 is 0 Å². The summed E-state index contributed by atoms with van der Waals surface area (Å²) in [6, 6.07) is 56.6. The van der Waals surface area contributed by atoms with Gasteiger partial charge in [0.15, 0.2) is 27.8 Å². The molecule has 1 aliphatic rings. The Kier molecular flexibility index (Phi) is 19.7. The van der Waals surface area contributed by atoms with Crippen LogP contribution in [0, 0.1) is 23.2 Å². The number of aliphatic hydroxyl groups is 1. The summed E-state index contributed by atoms with van der Waals surface area (Å²) in [6.45, 7) is 28.0. The minimum Gasteiger partial charge on any atom is -0.497 e. The molecule has 0 unspecified atom stereocenters. The van der Waals surface area contributed by atoms with Crippen LogP contribution in [0.15, 0.2) is 175 Å². The van der Waals surface area contributed by atoms with Gasteiger partial charge < -0.3 is 42.1 Å². The SMILES string of the molecule is COc1ccc(CO[C@@H](CO[Si](c2ccccc2)(c2ccccc2)C(C)(C)C)[C@](O)(C#CC2=C[C@@H](O[Si](C)(C)C(C)(C)C)C[C@@]2(C#N)O[Si](C)(C)C(C)(C)C)COC(c2ccccc2)(c2ccc(OC)cc2)c2ccc(OC)cc2)cc1. The van der Waals surface area contributed by atoms with Gasteiger partial charge in [-0.2, -0.15) is 5.26 Å². The Morgan fingerprint density at radius 2 is 1.02 bits per heavy atom. The highest BCUT2D eigenvalue weighted by molar-refractivity contribution is 6.99. The van der Waals surface area contributed by atoms with Crippen molar-refractivity contribution in [2.24, 2.45) is 0 Å². The van der Waals surface area contributed by atoms with Crippen molar-refractivity contribution < 1.29 is 42.1 Å². The molecule has 0 aromatic heterocycles. The van der Waals surface area contributed by atoms with Gasteiger partial charge in [-0.3, -0.25) is 0 Å². The maximum Gasteiger partial charge on any atom is 0.261 e. The molecule has 1 aliphatic carbocycles. The number of ether oxygens (including phenoxy) is 5. The molecule has 0 bridgehead atoms. The Morgan fingerprint density at radius 1 is 0.585 bits per heavy atom. The predicted octanol–water partition coefficient (Wildman–Crippen LogP) is 13.9. The van der Waals surface area contributed by atoms with Crippen LogP contribution in [0.1, 0.15) is 91.0 Å². The molecule has 13 heteroatoms. The lowest BCUT2D eigenvalue weighted by atomic mass is 9.79. The van der Waals surface area contributed by atoms with Gasteiger partial charge in [0.2, 0.25) is 0 Å². The normalized spacial score (nSPS) is 17.4. The van der Waals surface area contributed by atoms with Crippen LogP contribution in [0.25, 0.3) is 0 Å². The lowest BCUT2D eigenvalue weighted by Crippen LogP contribution is -2.67. The zero-order valence-corrected chi connectivity index (χ0v) is 54.3. The highest BCUT2D eigenvalue weighted by atomic mass is 28.4. The van der Waals surface area contributed by atoms with Crippen LogP contribution in [0.4, 0.5) is 0 Å². The second-order valence-corrected chi connectivity index (χ2v) is 39.4. The van der Waals surface area contributed by atoms with Gasteiger partial charge in [-0.05, 0) is 116 Å². The molecular formula is C69H87NO9Si3. The summed E-state index contributed by atoms with van der Waals surface area (Å²) in [5.74, 6) is 8.94. The molecule has 6 aromatic carbocycles. The van der Waals surface area contributed by atoms with Gasteiger partial charge in [0, 0.05) is 12.0 Å². The Bertz CT molecular complexity index is 3080. The number of nitrogens with zero attached hydrogens (tertiary/aromatic N) is 1. The first-order valence-corrected chi connectivity index (χ1v) is 36.1. The third kappa shape index (κ3) is 13.6. The average molecular weight is 1160 g/mol. The molecule has 0 fully saturated rings. The first kappa shape index (κ1) is 63.5. The van der Waals surface area contributed by atoms with Gasteiger partial charge in [-0.1, -0.05) is 202 Å². The third-order valence-corrected chi connectivity index (χ3v) is 31.0. The topological polar surface area (TPSA) is 118 Å². The molecule has 434 valence electrons. The standard InChI is InChI=1S/C69H87NO9Si3/c1-64(2,3)80(13,14)78-60-46-56(68(47-60,50-70)79-81(15,16)65(4,5)6)44-45-67(71,51-76-69(53-26-20-17-21-27-53,54-34-40-58(73-11)41-35-54)55-36-42-59(74-12)43-37-55)63(75-48-52-32-38-57(72-10)39-33-52)49-77-82(66(7,8)9,61-28-22-18-23-29-61)62-30-24-19-25-31-62/h17-43,46,60,63,71H,47-49,51H2,1-16H3/t60-,63+,67+,68+/m1/s1. The van der Waals surface area contributed by atoms with Crippen LogP contribution in [-0.2, 0) is 35.0 Å². The summed E-state index contributed by atoms with van der Waals surface area (Å²) in [7, 11) is -3.52. The molecule has 82 heavy (non-hydrogen) atoms. The number of hydrogen-bond acceptors (Lipinski definition) is 10. The first-order chi connectivity index (χ1) is 38.6. The van der Waals surface area contributed by atoms with Crippen molar-refractivity contribution in [1.82, 2.24) is 0 Å². The van der Waals surface area contributed by atoms with Crippen LogP contribution in [0.2, 0.25) is 41.3 Å². The fourth-order valence-corrected chi connectivity index (χ4v) is 17.5. The van der Waals surface area contributed by atoms with Gasteiger partial charge in [0.05, 0.1) is 47.3 Å². The maximum atomic E-state index is 14.4. The summed E-state index contributed by atoms with van der Waals surface area (Å²) in [5, 5.41) is 27.4. The smallest absolute Gasteiger partial charge is 0.261 e. The van der Waals surface area contributed by atoms with E-state index in [2.05, 4.69) is 155 Å². The molecule has 0 spiro atoms. The Morgan fingerprint density at radius 3 is 1.45 bits per heavy atom. The van der Waals surface area contributed by atoms with Crippen molar-refractivity contribution in [2.75, 3.05) is 34.5 Å². The van der Waals surface area contributed by atoms with E-state index in [4.69, 9.17) is 37.0 Å². The quantitative estimate of drug-likeness (QED) is 0.0400. The van der Waals surface area contributed by atoms with E-state index in [0.717, 1.165) is 32.6 Å². The number of rotatable bonds is 22. The fraction of sp³-hybridized carbons (Fsp3) is 0.406. The van der Waals surface area contributed by atoms with E-state index in [1.165, 1.54) is 0 Å². The fourth-order valence-electron chi connectivity index (χ4n) is 10.2. The van der Waals surface area contributed by atoms with Gasteiger partial charge in [0.25, 0.3) is 8.32 Å². The summed E-state index contributed by atoms with van der Waals surface area (Å²) in [6.07, 6.45) is 0.501. The second-order valence-electron chi connectivity index (χ2n) is 25.6. The van der Waals surface area contributed by atoms with Crippen molar-refractivity contribution >= 4 is 35.3 Å². The van der Waals surface area contributed by atoms with E-state index in [0.29, 0.717) is 22.8 Å². The Hall–Kier alpha value is -6.08. The van der Waals surface area contributed by atoms with E-state index in [1.54, 1.807) is 21.3 Å². The van der Waals surface area contributed by atoms with Gasteiger partial charge in [-0.15, -0.1) is 0 Å². The average Bonchev–Trinajstić information content (AvgIpc) is 3.80. The zero-order chi connectivity index (χ0) is 59.8. The molecule has 0 saturated carbocycles. The van der Waals surface area contributed by atoms with Crippen LogP contribution in [0.5, 0.6) is 17.2 Å². The monoisotopic (exact) mass is 1160 g/mol. The number of hydrogen-bond donors (Lipinski definition) is 1. The zero-order valence-electron chi connectivity index (χ0n) is 51.3. The van der Waals surface area contributed by atoms with E-state index in [1.807, 2.05) is 121 Å². The molecule has 0 amide bonds. The van der Waals surface area contributed by atoms with E-state index in [-0.39, 0.29) is 29.7 Å². The van der Waals surface area contributed by atoms with Crippen molar-refractivity contribution in [3.8, 4) is 35.2 Å². The van der Waals surface area contributed by atoms with E-state index < -0.39 is 65.6 Å². The second kappa shape index (κ2) is 25.4. The van der Waals surface area contributed by atoms with Crippen LogP contribution >= 0.6 is 0 Å². The largest absolute Gasteiger partial charge is 0.497 e. The van der Waals surface area contributed by atoms with Gasteiger partial charge in [0.1, 0.15) is 35.0 Å². The van der Waals surface area contributed by atoms with Crippen molar-refractivity contribution in [1.29, 1.82) is 5.26 Å².